The van der Waals surface area contributed by atoms with Crippen LogP contribution in [0.2, 0.25) is 0 Å². The van der Waals surface area contributed by atoms with Crippen LogP contribution in [0.4, 0.5) is 0 Å². The molecule has 4 nitrogen and oxygen atoms in total. The Morgan fingerprint density at radius 1 is 1.39 bits per heavy atom. The van der Waals surface area contributed by atoms with Gasteiger partial charge in [-0.15, -0.1) is 0 Å². The highest BCUT2D eigenvalue weighted by molar-refractivity contribution is 5.78. The van der Waals surface area contributed by atoms with Crippen molar-refractivity contribution < 1.29 is 9.90 Å². The molecule has 0 aliphatic heterocycles. The van der Waals surface area contributed by atoms with Crippen molar-refractivity contribution in [1.29, 1.82) is 0 Å². The molecule has 3 N–H and O–H groups in total. The Balaban J connectivity index is 2.18. The minimum atomic E-state index is -0.354. The Kier molecular flexibility index (Phi) is 6.39. The zero-order valence-corrected chi connectivity index (χ0v) is 11.1. The van der Waals surface area contributed by atoms with Crippen molar-refractivity contribution in [3.05, 3.63) is 35.4 Å². The van der Waals surface area contributed by atoms with Crippen LogP contribution in [0.25, 0.3) is 0 Å². The number of amides is 1. The molecule has 1 aromatic carbocycles. The second-order valence-electron chi connectivity index (χ2n) is 4.57. The highest BCUT2D eigenvalue weighted by atomic mass is 16.3. The summed E-state index contributed by atoms with van der Waals surface area (Å²) in [6.07, 6.45) is 0.0611. The SMILES string of the molecule is Cc1cccc(CC(=O)NCCNCC(C)O)c1. The number of aliphatic hydroxyl groups is 1. The summed E-state index contributed by atoms with van der Waals surface area (Å²) < 4.78 is 0. The zero-order chi connectivity index (χ0) is 13.4. The fourth-order valence-electron chi connectivity index (χ4n) is 1.67. The van der Waals surface area contributed by atoms with E-state index in [1.807, 2.05) is 31.2 Å². The fourth-order valence-corrected chi connectivity index (χ4v) is 1.67. The van der Waals surface area contributed by atoms with Crippen LogP contribution in [-0.2, 0) is 11.2 Å². The van der Waals surface area contributed by atoms with Crippen molar-refractivity contribution in [3.63, 3.8) is 0 Å². The van der Waals surface area contributed by atoms with Crippen molar-refractivity contribution in [1.82, 2.24) is 10.6 Å². The molecule has 0 saturated carbocycles. The summed E-state index contributed by atoms with van der Waals surface area (Å²) in [6.45, 7) is 5.54. The summed E-state index contributed by atoms with van der Waals surface area (Å²) in [4.78, 5) is 11.6. The van der Waals surface area contributed by atoms with Crippen molar-refractivity contribution >= 4 is 5.91 Å². The molecule has 4 heteroatoms. The quantitative estimate of drug-likeness (QED) is 0.622. The maximum absolute atomic E-state index is 11.6. The number of aryl methyl sites for hydroxylation is 1. The summed E-state index contributed by atoms with van der Waals surface area (Å²) in [5.41, 5.74) is 2.20. The molecular weight excluding hydrogens is 228 g/mol. The predicted octanol–water partition coefficient (Wildman–Crippen LogP) is 0.624. The average molecular weight is 250 g/mol. The van der Waals surface area contributed by atoms with Gasteiger partial charge < -0.3 is 15.7 Å². The van der Waals surface area contributed by atoms with Crippen LogP contribution in [0.15, 0.2) is 24.3 Å². The number of benzene rings is 1. The predicted molar refractivity (Wildman–Crippen MR) is 72.4 cm³/mol. The molecule has 0 fully saturated rings. The fraction of sp³-hybridized carbons (Fsp3) is 0.500. The highest BCUT2D eigenvalue weighted by Crippen LogP contribution is 2.04. The minimum Gasteiger partial charge on any atom is -0.392 e. The zero-order valence-electron chi connectivity index (χ0n) is 11.1. The molecule has 1 atom stereocenters. The molecule has 18 heavy (non-hydrogen) atoms. The van der Waals surface area contributed by atoms with E-state index in [-0.39, 0.29) is 12.0 Å². The van der Waals surface area contributed by atoms with Crippen LogP contribution in [0.5, 0.6) is 0 Å². The third-order valence-electron chi connectivity index (χ3n) is 2.51. The van der Waals surface area contributed by atoms with Gasteiger partial charge >= 0.3 is 0 Å². The topological polar surface area (TPSA) is 61.4 Å². The molecular formula is C14H22N2O2. The Hall–Kier alpha value is -1.39. The van der Waals surface area contributed by atoms with Gasteiger partial charge in [0.2, 0.25) is 5.91 Å². The minimum absolute atomic E-state index is 0.0273. The van der Waals surface area contributed by atoms with E-state index in [4.69, 9.17) is 5.11 Å². The second-order valence-corrected chi connectivity index (χ2v) is 4.57. The number of hydrogen-bond acceptors (Lipinski definition) is 3. The first-order valence-electron chi connectivity index (χ1n) is 6.29. The molecule has 0 aliphatic rings. The van der Waals surface area contributed by atoms with Crippen molar-refractivity contribution in [2.24, 2.45) is 0 Å². The summed E-state index contributed by atoms with van der Waals surface area (Å²) in [5, 5.41) is 14.9. The van der Waals surface area contributed by atoms with E-state index in [0.717, 1.165) is 5.56 Å². The normalized spacial score (nSPS) is 12.2. The Morgan fingerprint density at radius 3 is 2.83 bits per heavy atom. The monoisotopic (exact) mass is 250 g/mol. The van der Waals surface area contributed by atoms with Gasteiger partial charge in [0.05, 0.1) is 12.5 Å². The smallest absolute Gasteiger partial charge is 0.224 e. The number of carbonyl (C=O) groups is 1. The molecule has 1 unspecified atom stereocenters. The first-order chi connectivity index (χ1) is 8.58. The lowest BCUT2D eigenvalue weighted by molar-refractivity contribution is -0.120. The van der Waals surface area contributed by atoms with Gasteiger partial charge in [-0.05, 0) is 19.4 Å². The van der Waals surface area contributed by atoms with E-state index in [2.05, 4.69) is 10.6 Å². The average Bonchev–Trinajstić information content (AvgIpc) is 2.28. The number of carbonyl (C=O) groups excluding carboxylic acids is 1. The third kappa shape index (κ3) is 6.37. The lowest BCUT2D eigenvalue weighted by Gasteiger charge is -2.08. The van der Waals surface area contributed by atoms with Gasteiger partial charge in [-0.1, -0.05) is 29.8 Å². The molecule has 0 heterocycles. The van der Waals surface area contributed by atoms with E-state index in [9.17, 15) is 4.79 Å². The van der Waals surface area contributed by atoms with Crippen LogP contribution < -0.4 is 10.6 Å². The molecule has 1 aromatic rings. The molecule has 0 aliphatic carbocycles. The highest BCUT2D eigenvalue weighted by Gasteiger charge is 2.02. The van der Waals surface area contributed by atoms with E-state index in [0.29, 0.717) is 26.1 Å². The van der Waals surface area contributed by atoms with E-state index >= 15 is 0 Å². The maximum atomic E-state index is 11.6. The van der Waals surface area contributed by atoms with Gasteiger partial charge in [0.25, 0.3) is 0 Å². The molecule has 0 aromatic heterocycles. The largest absolute Gasteiger partial charge is 0.392 e. The van der Waals surface area contributed by atoms with Gasteiger partial charge in [0.1, 0.15) is 0 Å². The summed E-state index contributed by atoms with van der Waals surface area (Å²) in [6, 6.07) is 7.95. The molecule has 0 spiro atoms. The van der Waals surface area contributed by atoms with Crippen LogP contribution in [0.1, 0.15) is 18.1 Å². The summed E-state index contributed by atoms with van der Waals surface area (Å²) in [7, 11) is 0. The second kappa shape index (κ2) is 7.84. The van der Waals surface area contributed by atoms with Crippen LogP contribution in [0.3, 0.4) is 0 Å². The third-order valence-corrected chi connectivity index (χ3v) is 2.51. The van der Waals surface area contributed by atoms with E-state index < -0.39 is 0 Å². The standard InChI is InChI=1S/C14H22N2O2/c1-11-4-3-5-13(8-11)9-14(18)16-7-6-15-10-12(2)17/h3-5,8,12,15,17H,6-7,9-10H2,1-2H3,(H,16,18). The molecule has 0 bridgehead atoms. The lowest BCUT2D eigenvalue weighted by atomic mass is 10.1. The van der Waals surface area contributed by atoms with Gasteiger partial charge in [-0.25, -0.2) is 0 Å². The summed E-state index contributed by atoms with van der Waals surface area (Å²) >= 11 is 0. The Bertz CT molecular complexity index is 378. The van der Waals surface area contributed by atoms with E-state index in [1.165, 1.54) is 5.56 Å². The molecule has 100 valence electrons. The maximum Gasteiger partial charge on any atom is 0.224 e. The van der Waals surface area contributed by atoms with E-state index in [1.54, 1.807) is 6.92 Å². The van der Waals surface area contributed by atoms with Crippen LogP contribution in [-0.4, -0.2) is 36.8 Å². The molecule has 1 amide bonds. The number of nitrogens with one attached hydrogen (secondary N) is 2. The first-order valence-corrected chi connectivity index (χ1v) is 6.29. The number of aliphatic hydroxyl groups excluding tert-OH is 1. The van der Waals surface area contributed by atoms with Gasteiger partial charge in [-0.3, -0.25) is 4.79 Å². The van der Waals surface area contributed by atoms with Crippen molar-refractivity contribution in [3.8, 4) is 0 Å². The number of rotatable bonds is 7. The molecule has 0 saturated heterocycles. The molecule has 0 radical (unpaired) electrons. The molecule has 1 rings (SSSR count). The Morgan fingerprint density at radius 2 is 2.17 bits per heavy atom. The van der Waals surface area contributed by atoms with Gasteiger partial charge in [-0.2, -0.15) is 0 Å². The lowest BCUT2D eigenvalue weighted by Crippen LogP contribution is -2.35. The van der Waals surface area contributed by atoms with Gasteiger partial charge in [0.15, 0.2) is 0 Å². The summed E-state index contributed by atoms with van der Waals surface area (Å²) in [5.74, 6) is 0.0273. The van der Waals surface area contributed by atoms with Crippen molar-refractivity contribution in [2.45, 2.75) is 26.4 Å². The Labute approximate surface area is 108 Å². The van der Waals surface area contributed by atoms with Gasteiger partial charge in [0, 0.05) is 19.6 Å². The van der Waals surface area contributed by atoms with Crippen LogP contribution >= 0.6 is 0 Å². The first kappa shape index (κ1) is 14.7. The number of hydrogen-bond donors (Lipinski definition) is 3. The van der Waals surface area contributed by atoms with Crippen LogP contribution in [0, 0.1) is 6.92 Å². The van der Waals surface area contributed by atoms with Crippen molar-refractivity contribution in [2.75, 3.05) is 19.6 Å².